The van der Waals surface area contributed by atoms with Crippen LogP contribution in [-0.4, -0.2) is 45.8 Å². The van der Waals surface area contributed by atoms with E-state index in [-0.39, 0.29) is 12.2 Å². The molecule has 0 aliphatic carbocycles. The molecule has 0 aliphatic rings. The molecule has 2 N–H and O–H groups in total. The van der Waals surface area contributed by atoms with Crippen LogP contribution in [0.15, 0.2) is 57.3 Å². The summed E-state index contributed by atoms with van der Waals surface area (Å²) in [4.78, 5) is 23.2. The van der Waals surface area contributed by atoms with E-state index >= 15 is 0 Å². The van der Waals surface area contributed by atoms with E-state index in [4.69, 9.17) is 20.8 Å². The molecular formula is C23H24ClN3O4S. The Balaban J connectivity index is 1.60. The Hall–Kier alpha value is -2.49. The van der Waals surface area contributed by atoms with Gasteiger partial charge in [-0.25, -0.2) is 4.98 Å². The molecule has 32 heavy (non-hydrogen) atoms. The SMILES string of the molecule is CCOCC(O)CN(Cc1nc2scc(-c3cccc(Cl)c3)c2c(=O)[nH]1)Cc1ccco1. The van der Waals surface area contributed by atoms with E-state index in [1.54, 1.807) is 12.3 Å². The third-order valence-electron chi connectivity index (χ3n) is 4.94. The van der Waals surface area contributed by atoms with Gasteiger partial charge in [0.05, 0.1) is 37.4 Å². The Morgan fingerprint density at radius 2 is 2.19 bits per heavy atom. The van der Waals surface area contributed by atoms with E-state index in [1.807, 2.05) is 47.5 Å². The molecule has 4 aromatic rings. The number of rotatable bonds is 10. The van der Waals surface area contributed by atoms with Crippen molar-refractivity contribution in [1.29, 1.82) is 0 Å². The molecule has 0 fully saturated rings. The number of H-pyrrole nitrogens is 1. The lowest BCUT2D eigenvalue weighted by Gasteiger charge is -2.23. The molecule has 3 aromatic heterocycles. The predicted octanol–water partition coefficient (Wildman–Crippen LogP) is 4.30. The maximum Gasteiger partial charge on any atom is 0.260 e. The first-order chi connectivity index (χ1) is 15.5. The quantitative estimate of drug-likeness (QED) is 0.357. The van der Waals surface area contributed by atoms with Crippen LogP contribution in [0, 0.1) is 0 Å². The van der Waals surface area contributed by atoms with Gasteiger partial charge in [0.2, 0.25) is 0 Å². The number of fused-ring (bicyclic) bond motifs is 1. The lowest BCUT2D eigenvalue weighted by atomic mass is 10.1. The zero-order chi connectivity index (χ0) is 22.5. The fraction of sp³-hybridized carbons (Fsp3) is 0.304. The molecule has 1 atom stereocenters. The van der Waals surface area contributed by atoms with Gasteiger partial charge in [0.25, 0.3) is 5.56 Å². The van der Waals surface area contributed by atoms with Crippen molar-refractivity contribution in [3.05, 3.63) is 75.0 Å². The fourth-order valence-corrected chi connectivity index (χ4v) is 4.72. The number of halogens is 1. The van der Waals surface area contributed by atoms with Crippen LogP contribution in [0.2, 0.25) is 5.02 Å². The molecular weight excluding hydrogens is 450 g/mol. The average molecular weight is 474 g/mol. The van der Waals surface area contributed by atoms with Gasteiger partial charge in [-0.05, 0) is 36.8 Å². The number of furan rings is 1. The first-order valence-corrected chi connectivity index (χ1v) is 11.6. The minimum absolute atomic E-state index is 0.200. The van der Waals surface area contributed by atoms with Crippen LogP contribution >= 0.6 is 22.9 Å². The lowest BCUT2D eigenvalue weighted by Crippen LogP contribution is -2.35. The fourth-order valence-electron chi connectivity index (χ4n) is 3.56. The Kier molecular flexibility index (Phi) is 7.39. The average Bonchev–Trinajstić information content (AvgIpc) is 3.42. The van der Waals surface area contributed by atoms with Crippen LogP contribution in [0.1, 0.15) is 18.5 Å². The van der Waals surface area contributed by atoms with Gasteiger partial charge in [0.1, 0.15) is 16.4 Å². The molecule has 0 amide bonds. The van der Waals surface area contributed by atoms with Crippen LogP contribution in [-0.2, 0) is 17.8 Å². The molecule has 1 unspecified atom stereocenters. The molecule has 0 spiro atoms. The smallest absolute Gasteiger partial charge is 0.260 e. The Morgan fingerprint density at radius 3 is 2.94 bits per heavy atom. The van der Waals surface area contributed by atoms with Crippen molar-refractivity contribution in [3.8, 4) is 11.1 Å². The zero-order valence-corrected chi connectivity index (χ0v) is 19.2. The second kappa shape index (κ2) is 10.4. The summed E-state index contributed by atoms with van der Waals surface area (Å²) >= 11 is 7.55. The van der Waals surface area contributed by atoms with E-state index < -0.39 is 6.10 Å². The Bertz CT molecular complexity index is 1220. The second-order valence-corrected chi connectivity index (χ2v) is 8.71. The monoisotopic (exact) mass is 473 g/mol. The molecule has 4 rings (SSSR count). The number of nitrogens with zero attached hydrogens (tertiary/aromatic N) is 2. The van der Waals surface area contributed by atoms with E-state index in [2.05, 4.69) is 9.97 Å². The molecule has 0 aliphatic heterocycles. The number of nitrogens with one attached hydrogen (secondary N) is 1. The summed E-state index contributed by atoms with van der Waals surface area (Å²) in [6.07, 6.45) is 0.941. The summed E-state index contributed by atoms with van der Waals surface area (Å²) < 4.78 is 10.8. The van der Waals surface area contributed by atoms with Gasteiger partial charge in [0.15, 0.2) is 0 Å². The summed E-state index contributed by atoms with van der Waals surface area (Å²) in [6.45, 7) is 3.82. The molecule has 0 saturated heterocycles. The first kappa shape index (κ1) is 22.7. The summed E-state index contributed by atoms with van der Waals surface area (Å²) in [5.41, 5.74) is 1.49. The van der Waals surface area contributed by atoms with Crippen molar-refractivity contribution in [1.82, 2.24) is 14.9 Å². The highest BCUT2D eigenvalue weighted by molar-refractivity contribution is 7.17. The van der Waals surface area contributed by atoms with Crippen LogP contribution in [0.3, 0.4) is 0 Å². The standard InChI is InChI=1S/C23H24ClN3O4S/c1-2-30-13-17(28)10-27(11-18-7-4-8-31-18)12-20-25-22(29)21-19(14-32-23(21)26-20)15-5-3-6-16(24)9-15/h3-9,14,17,28H,2,10-13H2,1H3,(H,25,26,29). The first-order valence-electron chi connectivity index (χ1n) is 10.3. The topological polar surface area (TPSA) is 91.6 Å². The molecule has 0 saturated carbocycles. The third-order valence-corrected chi connectivity index (χ3v) is 6.05. The van der Waals surface area contributed by atoms with E-state index in [1.165, 1.54) is 11.3 Å². The number of ether oxygens (including phenoxy) is 1. The van der Waals surface area contributed by atoms with Crippen molar-refractivity contribution in [3.63, 3.8) is 0 Å². The van der Waals surface area contributed by atoms with Crippen LogP contribution in [0.25, 0.3) is 21.3 Å². The van der Waals surface area contributed by atoms with Crippen LogP contribution < -0.4 is 5.56 Å². The summed E-state index contributed by atoms with van der Waals surface area (Å²) in [7, 11) is 0. The molecule has 168 valence electrons. The molecule has 0 bridgehead atoms. The summed E-state index contributed by atoms with van der Waals surface area (Å²) in [5.74, 6) is 1.29. The van der Waals surface area contributed by atoms with Gasteiger partial charge in [-0.15, -0.1) is 11.3 Å². The largest absolute Gasteiger partial charge is 0.468 e. The van der Waals surface area contributed by atoms with E-state index in [9.17, 15) is 9.90 Å². The number of hydrogen-bond acceptors (Lipinski definition) is 7. The van der Waals surface area contributed by atoms with Crippen molar-refractivity contribution < 1.29 is 14.3 Å². The van der Waals surface area contributed by atoms with E-state index in [0.717, 1.165) is 16.9 Å². The molecule has 3 heterocycles. The zero-order valence-electron chi connectivity index (χ0n) is 17.6. The molecule has 7 nitrogen and oxygen atoms in total. The van der Waals surface area contributed by atoms with Gasteiger partial charge in [0, 0.05) is 29.1 Å². The lowest BCUT2D eigenvalue weighted by molar-refractivity contribution is 0.0163. The van der Waals surface area contributed by atoms with Crippen molar-refractivity contribution >= 4 is 33.2 Å². The number of benzene rings is 1. The minimum Gasteiger partial charge on any atom is -0.468 e. The molecule has 9 heteroatoms. The highest BCUT2D eigenvalue weighted by atomic mass is 35.5. The highest BCUT2D eigenvalue weighted by Gasteiger charge is 2.18. The van der Waals surface area contributed by atoms with Crippen molar-refractivity contribution in [2.24, 2.45) is 0 Å². The normalized spacial score (nSPS) is 12.6. The van der Waals surface area contributed by atoms with E-state index in [0.29, 0.717) is 47.3 Å². The van der Waals surface area contributed by atoms with Gasteiger partial charge in [-0.1, -0.05) is 23.7 Å². The van der Waals surface area contributed by atoms with Gasteiger partial charge < -0.3 is 19.2 Å². The van der Waals surface area contributed by atoms with Crippen LogP contribution in [0.5, 0.6) is 0 Å². The molecule has 1 aromatic carbocycles. The minimum atomic E-state index is -0.670. The van der Waals surface area contributed by atoms with Crippen LogP contribution in [0.4, 0.5) is 0 Å². The van der Waals surface area contributed by atoms with Gasteiger partial charge >= 0.3 is 0 Å². The number of aromatic amines is 1. The van der Waals surface area contributed by atoms with Crippen molar-refractivity contribution in [2.45, 2.75) is 26.1 Å². The molecule has 0 radical (unpaired) electrons. The number of aliphatic hydroxyl groups is 1. The number of thiophene rings is 1. The number of aromatic nitrogens is 2. The predicted molar refractivity (Wildman–Crippen MR) is 126 cm³/mol. The summed E-state index contributed by atoms with van der Waals surface area (Å²) in [6, 6.07) is 11.1. The third kappa shape index (κ3) is 5.46. The maximum absolute atomic E-state index is 13.0. The number of hydrogen-bond donors (Lipinski definition) is 2. The van der Waals surface area contributed by atoms with Gasteiger partial charge in [-0.2, -0.15) is 0 Å². The van der Waals surface area contributed by atoms with Gasteiger partial charge in [-0.3, -0.25) is 9.69 Å². The Labute approximate surface area is 194 Å². The maximum atomic E-state index is 13.0. The number of aliphatic hydroxyl groups excluding tert-OH is 1. The second-order valence-electron chi connectivity index (χ2n) is 7.41. The highest BCUT2D eigenvalue weighted by Crippen LogP contribution is 2.32. The van der Waals surface area contributed by atoms with Crippen molar-refractivity contribution in [2.75, 3.05) is 19.8 Å². The summed E-state index contributed by atoms with van der Waals surface area (Å²) in [5, 5.41) is 13.4. The Morgan fingerprint density at radius 1 is 1.31 bits per heavy atom.